The Bertz CT molecular complexity index is 1840. The SMILES string of the molecule is CC(=O)Oc1c2c(c(CC=C(C)C)c3c1C(=O)C1=C[C@@H]4C[C@H]5C(C)(C)O[C@@](C/C=C(/C)C(=O)O)(C4=O)[C@@]15O3)O[C@](C)(CCC=C(C)C)C=C2. The van der Waals surface area contributed by atoms with Gasteiger partial charge in [0.05, 0.1) is 11.2 Å². The van der Waals surface area contributed by atoms with E-state index in [1.165, 1.54) is 25.5 Å². The Morgan fingerprint density at radius 2 is 1.67 bits per heavy atom. The summed E-state index contributed by atoms with van der Waals surface area (Å²) in [5.74, 6) is -2.71. The van der Waals surface area contributed by atoms with E-state index in [0.717, 1.165) is 12.0 Å². The second-order valence-electron chi connectivity index (χ2n) is 15.3. The van der Waals surface area contributed by atoms with Crippen molar-refractivity contribution in [2.24, 2.45) is 11.8 Å². The van der Waals surface area contributed by atoms with Gasteiger partial charge in [-0.15, -0.1) is 0 Å². The Balaban J connectivity index is 1.64. The number of esters is 1. The molecule has 3 aliphatic heterocycles. The van der Waals surface area contributed by atoms with Crippen molar-refractivity contribution in [1.29, 1.82) is 0 Å². The minimum absolute atomic E-state index is 0.0535. The zero-order valence-electron chi connectivity index (χ0n) is 29.9. The number of carboxylic acids is 1. The number of hydrogen-bond donors (Lipinski definition) is 1. The summed E-state index contributed by atoms with van der Waals surface area (Å²) in [5, 5.41) is 9.70. The molecule has 3 aliphatic carbocycles. The molecule has 1 spiro atoms. The normalized spacial score (nSPS) is 29.9. The molecule has 0 unspecified atom stereocenters. The lowest BCUT2D eigenvalue weighted by atomic mass is 9.51. The minimum Gasteiger partial charge on any atom is -0.482 e. The second-order valence-corrected chi connectivity index (χ2v) is 15.3. The number of allylic oxidation sites excluding steroid dienone is 5. The van der Waals surface area contributed by atoms with Crippen LogP contribution in [-0.2, 0) is 25.5 Å². The molecule has 5 atom stereocenters. The Morgan fingerprint density at radius 3 is 2.31 bits per heavy atom. The maximum absolute atomic E-state index is 15.1. The molecule has 4 bridgehead atoms. The van der Waals surface area contributed by atoms with Gasteiger partial charge < -0.3 is 24.1 Å². The number of Topliss-reactive ketones (excluding diaryl/α,β-unsaturated/α-hetero) is 2. The first-order chi connectivity index (χ1) is 22.9. The van der Waals surface area contributed by atoms with Gasteiger partial charge in [-0.25, -0.2) is 4.79 Å². The average molecular weight is 671 g/mol. The molecule has 1 aromatic carbocycles. The maximum atomic E-state index is 15.1. The number of carbonyl (C=O) groups excluding carboxylic acids is 3. The van der Waals surface area contributed by atoms with Gasteiger partial charge in [0.2, 0.25) is 0 Å². The van der Waals surface area contributed by atoms with Gasteiger partial charge in [0.15, 0.2) is 28.5 Å². The van der Waals surface area contributed by atoms with E-state index in [2.05, 4.69) is 6.08 Å². The number of ether oxygens (including phenoxy) is 4. The molecule has 2 fully saturated rings. The molecule has 1 saturated carbocycles. The van der Waals surface area contributed by atoms with Gasteiger partial charge in [0.25, 0.3) is 0 Å². The highest BCUT2D eigenvalue weighted by molar-refractivity contribution is 6.19. The van der Waals surface area contributed by atoms with E-state index >= 15 is 4.79 Å². The number of hydrogen-bond acceptors (Lipinski definition) is 8. The van der Waals surface area contributed by atoms with E-state index in [1.807, 2.05) is 66.7 Å². The molecule has 9 nitrogen and oxygen atoms in total. The zero-order chi connectivity index (χ0) is 35.8. The summed E-state index contributed by atoms with van der Waals surface area (Å²) in [6, 6.07) is 0. The topological polar surface area (TPSA) is 125 Å². The number of carboxylic acid groups (broad SMARTS) is 1. The summed E-state index contributed by atoms with van der Waals surface area (Å²) < 4.78 is 26.7. The summed E-state index contributed by atoms with van der Waals surface area (Å²) in [4.78, 5) is 54.0. The van der Waals surface area contributed by atoms with Gasteiger partial charge in [0.1, 0.15) is 22.7 Å². The van der Waals surface area contributed by atoms with Crippen LogP contribution in [0.15, 0.2) is 52.7 Å². The first-order valence-corrected chi connectivity index (χ1v) is 17.0. The average Bonchev–Trinajstić information content (AvgIpc) is 3.15. The Morgan fingerprint density at radius 1 is 0.980 bits per heavy atom. The molecule has 0 radical (unpaired) electrons. The van der Waals surface area contributed by atoms with Crippen LogP contribution in [0, 0.1) is 11.8 Å². The number of rotatable bonds is 9. The van der Waals surface area contributed by atoms with Crippen molar-refractivity contribution in [2.45, 2.75) is 117 Å². The van der Waals surface area contributed by atoms with E-state index in [1.54, 1.807) is 6.08 Å². The maximum Gasteiger partial charge on any atom is 0.330 e. The summed E-state index contributed by atoms with van der Waals surface area (Å²) in [6.07, 6.45) is 13.3. The van der Waals surface area contributed by atoms with Crippen molar-refractivity contribution in [3.63, 3.8) is 0 Å². The van der Waals surface area contributed by atoms with Crippen LogP contribution in [0.4, 0.5) is 0 Å². The molecule has 9 heteroatoms. The largest absolute Gasteiger partial charge is 0.482 e. The van der Waals surface area contributed by atoms with E-state index in [9.17, 15) is 19.5 Å². The fraction of sp³-hybridized carbons (Fsp3) is 0.500. The third kappa shape index (κ3) is 5.23. The first-order valence-electron chi connectivity index (χ1n) is 17.0. The number of aliphatic carboxylic acids is 1. The van der Waals surface area contributed by atoms with Gasteiger partial charge in [-0.2, -0.15) is 0 Å². The highest BCUT2D eigenvalue weighted by Gasteiger charge is 2.81. The van der Waals surface area contributed by atoms with Gasteiger partial charge in [-0.05, 0) is 93.2 Å². The Labute approximate surface area is 287 Å². The highest BCUT2D eigenvalue weighted by atomic mass is 16.6. The number of ketones is 2. The summed E-state index contributed by atoms with van der Waals surface area (Å²) in [7, 11) is 0. The molecule has 0 aromatic heterocycles. The lowest BCUT2D eigenvalue weighted by Gasteiger charge is -2.56. The van der Waals surface area contributed by atoms with E-state index in [-0.39, 0.29) is 40.4 Å². The minimum atomic E-state index is -1.66. The lowest BCUT2D eigenvalue weighted by Crippen LogP contribution is -2.72. The molecule has 1 aromatic rings. The van der Waals surface area contributed by atoms with Gasteiger partial charge >= 0.3 is 11.9 Å². The molecule has 7 rings (SSSR count). The van der Waals surface area contributed by atoms with Crippen LogP contribution in [0.2, 0.25) is 0 Å². The molecular weight excluding hydrogens is 624 g/mol. The van der Waals surface area contributed by atoms with Crippen molar-refractivity contribution in [1.82, 2.24) is 0 Å². The van der Waals surface area contributed by atoms with Crippen LogP contribution in [-0.4, -0.2) is 51.0 Å². The quantitative estimate of drug-likeness (QED) is 0.123. The zero-order valence-corrected chi connectivity index (χ0v) is 29.9. The molecular formula is C40H46O9. The predicted molar refractivity (Wildman–Crippen MR) is 184 cm³/mol. The first kappa shape index (κ1) is 34.6. The van der Waals surface area contributed by atoms with Crippen LogP contribution in [0.25, 0.3) is 6.08 Å². The molecule has 3 heterocycles. The Hall–Kier alpha value is -4.24. The lowest BCUT2D eigenvalue weighted by molar-refractivity contribution is -0.171. The van der Waals surface area contributed by atoms with E-state index in [4.69, 9.17) is 18.9 Å². The highest BCUT2D eigenvalue weighted by Crippen LogP contribution is 2.68. The van der Waals surface area contributed by atoms with Crippen LogP contribution >= 0.6 is 0 Å². The molecule has 1 N–H and O–H groups in total. The molecule has 260 valence electrons. The predicted octanol–water partition coefficient (Wildman–Crippen LogP) is 7.46. The monoisotopic (exact) mass is 670 g/mol. The summed E-state index contributed by atoms with van der Waals surface area (Å²) >= 11 is 0. The van der Waals surface area contributed by atoms with Gasteiger partial charge in [-0.3, -0.25) is 14.4 Å². The Kier molecular flexibility index (Phi) is 8.25. The van der Waals surface area contributed by atoms with Crippen LogP contribution in [0.3, 0.4) is 0 Å². The van der Waals surface area contributed by atoms with Crippen molar-refractivity contribution < 1.29 is 43.2 Å². The molecule has 1 saturated heterocycles. The third-order valence-electron chi connectivity index (χ3n) is 10.7. The number of fused-ring (bicyclic) bond motifs is 2. The van der Waals surface area contributed by atoms with Crippen LogP contribution < -0.4 is 14.2 Å². The number of benzene rings is 1. The third-order valence-corrected chi connectivity index (χ3v) is 10.7. The smallest absolute Gasteiger partial charge is 0.330 e. The molecule has 6 aliphatic rings. The summed E-state index contributed by atoms with van der Waals surface area (Å²) in [5.41, 5.74) is -1.08. The van der Waals surface area contributed by atoms with E-state index in [0.29, 0.717) is 36.1 Å². The van der Waals surface area contributed by atoms with Gasteiger partial charge in [-0.1, -0.05) is 35.5 Å². The molecule has 49 heavy (non-hydrogen) atoms. The fourth-order valence-electron chi connectivity index (χ4n) is 8.41. The number of carbonyl (C=O) groups is 4. The van der Waals surface area contributed by atoms with Gasteiger partial charge in [0, 0.05) is 41.9 Å². The van der Waals surface area contributed by atoms with Crippen molar-refractivity contribution in [3.8, 4) is 17.2 Å². The van der Waals surface area contributed by atoms with Crippen molar-refractivity contribution >= 4 is 29.6 Å². The standard InChI is InChI=1S/C40H46O9/c1-21(2)11-10-16-38(9)17-15-27-32(47-38)26(13-12-22(3)4)34-30(33(27)46-24(6)41)31(42)28-19-25-20-29-37(7,8)49-39(35(25)43,40(28,29)48-34)18-14-23(5)36(44)45/h11-12,14-15,17,19,25,29H,10,13,16,18,20H2,1-9H3,(H,44,45)/b23-14-/t25-,29+,38-,39+,40-/m1/s1. The fourth-order valence-corrected chi connectivity index (χ4v) is 8.41. The summed E-state index contributed by atoms with van der Waals surface area (Å²) in [6.45, 7) is 16.6. The van der Waals surface area contributed by atoms with Crippen LogP contribution in [0.1, 0.15) is 109 Å². The van der Waals surface area contributed by atoms with Crippen molar-refractivity contribution in [2.75, 3.05) is 0 Å². The van der Waals surface area contributed by atoms with Crippen LogP contribution in [0.5, 0.6) is 17.2 Å². The van der Waals surface area contributed by atoms with E-state index < -0.39 is 52.0 Å². The molecule has 0 amide bonds. The van der Waals surface area contributed by atoms with Crippen molar-refractivity contribution in [3.05, 3.63) is 69.4 Å². The second kappa shape index (κ2) is 11.7.